The highest BCUT2D eigenvalue weighted by molar-refractivity contribution is 8.76. The maximum absolute atomic E-state index is 11.1. The van der Waals surface area contributed by atoms with Gasteiger partial charge in [-0.25, -0.2) is 9.36 Å². The third-order valence-corrected chi connectivity index (χ3v) is 11.0. The number of tetrazole rings is 2. The quantitative estimate of drug-likeness (QED) is 0.0631. The van der Waals surface area contributed by atoms with E-state index in [1.165, 1.54) is 55.4 Å². The zero-order chi connectivity index (χ0) is 38.8. The number of aromatic nitrogens is 12. The summed E-state index contributed by atoms with van der Waals surface area (Å²) in [6.45, 7) is 0.462. The van der Waals surface area contributed by atoms with Crippen molar-refractivity contribution in [2.24, 2.45) is 0 Å². The van der Waals surface area contributed by atoms with Crippen molar-refractivity contribution in [3.05, 3.63) is 151 Å². The van der Waals surface area contributed by atoms with Crippen molar-refractivity contribution in [2.45, 2.75) is 23.1 Å². The molecule has 0 radical (unpaired) electrons. The van der Waals surface area contributed by atoms with Crippen LogP contribution < -0.4 is 0 Å². The fourth-order valence-corrected chi connectivity index (χ4v) is 8.12. The number of non-ortho nitro benzene ring substituents is 2. The van der Waals surface area contributed by atoms with Gasteiger partial charge < -0.3 is 0 Å². The predicted octanol–water partition coefficient (Wildman–Crippen LogP) is 7.38. The molecule has 4 aromatic heterocycles. The fraction of sp³-hybridized carbons (Fsp3) is 0.0588. The van der Waals surface area contributed by atoms with Crippen molar-refractivity contribution < 1.29 is 9.85 Å². The lowest BCUT2D eigenvalue weighted by Gasteiger charge is -2.11. The minimum Gasteiger partial charge on any atom is -0.258 e. The standard InChI is InChI=1S/C34H22Cl2N14O4S2/c35-23-5-13-25(14-6-23)47-33(29(17-37-47)31-39-43-45(41-31)19-21-1-9-27(10-2-21)49(51)52)55-56-34-30(18-38-48(34)26-15-7-24(36)8-16-26)32-40-44-46(42-32)20-22-3-11-28(12-4-22)50(53)54/h1-18H,19-20H2. The van der Waals surface area contributed by atoms with Crippen LogP contribution in [0, 0.1) is 20.2 Å². The molecule has 0 unspecified atom stereocenters. The number of nitrogens with zero attached hydrogens (tertiary/aromatic N) is 14. The van der Waals surface area contributed by atoms with Crippen molar-refractivity contribution in [1.29, 1.82) is 0 Å². The number of nitro benzene ring substituents is 2. The average Bonchev–Trinajstić information content (AvgIpc) is 4.02. The molecule has 0 bridgehead atoms. The molecule has 0 aliphatic rings. The lowest BCUT2D eigenvalue weighted by molar-refractivity contribution is -0.385. The zero-order valence-corrected chi connectivity index (χ0v) is 31.4. The van der Waals surface area contributed by atoms with Crippen molar-refractivity contribution in [3.63, 3.8) is 0 Å². The fourth-order valence-electron chi connectivity index (χ4n) is 5.36. The van der Waals surface area contributed by atoms with Gasteiger partial charge in [0.2, 0.25) is 11.6 Å². The minimum atomic E-state index is -0.457. The van der Waals surface area contributed by atoms with Crippen LogP contribution in [-0.2, 0) is 13.1 Å². The first-order valence-electron chi connectivity index (χ1n) is 16.2. The zero-order valence-electron chi connectivity index (χ0n) is 28.3. The van der Waals surface area contributed by atoms with Crippen LogP contribution in [0.2, 0.25) is 10.0 Å². The average molecular weight is 826 g/mol. The van der Waals surface area contributed by atoms with Crippen LogP contribution >= 0.6 is 44.8 Å². The van der Waals surface area contributed by atoms with E-state index in [0.717, 1.165) is 22.5 Å². The first-order chi connectivity index (χ1) is 27.2. The molecule has 0 saturated heterocycles. The summed E-state index contributed by atoms with van der Waals surface area (Å²) in [4.78, 5) is 24.1. The van der Waals surface area contributed by atoms with E-state index in [1.807, 2.05) is 24.3 Å². The van der Waals surface area contributed by atoms with Crippen molar-refractivity contribution in [3.8, 4) is 34.2 Å². The van der Waals surface area contributed by atoms with Gasteiger partial charge in [-0.1, -0.05) is 47.5 Å². The molecular weight excluding hydrogens is 804 g/mol. The Labute approximate surface area is 332 Å². The van der Waals surface area contributed by atoms with Gasteiger partial charge in [-0.2, -0.15) is 19.8 Å². The normalized spacial score (nSPS) is 11.2. The number of hydrogen-bond acceptors (Lipinski definition) is 14. The molecule has 4 aromatic carbocycles. The summed E-state index contributed by atoms with van der Waals surface area (Å²) in [5.74, 6) is 0.607. The van der Waals surface area contributed by atoms with Crippen molar-refractivity contribution in [2.75, 3.05) is 0 Å². The van der Waals surface area contributed by atoms with Gasteiger partial charge in [-0.15, -0.1) is 20.4 Å². The number of hydrogen-bond donors (Lipinski definition) is 0. The number of rotatable bonds is 13. The van der Waals surface area contributed by atoms with Crippen LogP contribution in [0.3, 0.4) is 0 Å². The maximum atomic E-state index is 11.1. The summed E-state index contributed by atoms with van der Waals surface area (Å²) < 4.78 is 3.48. The molecule has 0 saturated carbocycles. The number of halogens is 2. The van der Waals surface area contributed by atoms with E-state index < -0.39 is 9.85 Å². The largest absolute Gasteiger partial charge is 0.269 e. The topological polar surface area (TPSA) is 209 Å². The van der Waals surface area contributed by atoms with E-state index in [-0.39, 0.29) is 24.5 Å². The molecule has 0 atom stereocenters. The summed E-state index contributed by atoms with van der Waals surface area (Å²) in [5.41, 5.74) is 4.09. The Kier molecular flexibility index (Phi) is 10.2. The van der Waals surface area contributed by atoms with E-state index >= 15 is 0 Å². The number of benzene rings is 4. The Hall–Kier alpha value is -6.48. The van der Waals surface area contributed by atoms with Gasteiger partial charge in [-0.05, 0) is 91.7 Å². The summed E-state index contributed by atoms with van der Waals surface area (Å²) in [6.07, 6.45) is 3.29. The third kappa shape index (κ3) is 7.84. The van der Waals surface area contributed by atoms with Gasteiger partial charge >= 0.3 is 0 Å². The smallest absolute Gasteiger partial charge is 0.258 e. The van der Waals surface area contributed by atoms with Crippen LogP contribution in [0.25, 0.3) is 34.2 Å². The maximum Gasteiger partial charge on any atom is 0.269 e. The van der Waals surface area contributed by atoms with Crippen LogP contribution in [0.15, 0.2) is 120 Å². The summed E-state index contributed by atoms with van der Waals surface area (Å²) >= 11 is 12.4. The molecule has 4 heterocycles. The third-order valence-electron chi connectivity index (χ3n) is 8.12. The Morgan fingerprint density at radius 1 is 0.554 bits per heavy atom. The number of nitro groups is 2. The first kappa shape index (κ1) is 36.5. The Balaban J connectivity index is 1.13. The second-order valence-corrected chi connectivity index (χ2v) is 14.8. The molecule has 0 fully saturated rings. The van der Waals surface area contributed by atoms with Gasteiger partial charge in [0.15, 0.2) is 0 Å². The van der Waals surface area contributed by atoms with Gasteiger partial charge in [0.1, 0.15) is 10.1 Å². The van der Waals surface area contributed by atoms with E-state index in [9.17, 15) is 20.2 Å². The summed E-state index contributed by atoms with van der Waals surface area (Å²) in [5, 5.41) is 60.4. The molecule has 0 aliphatic carbocycles. The summed E-state index contributed by atoms with van der Waals surface area (Å²) in [7, 11) is 2.72. The Morgan fingerprint density at radius 2 is 0.929 bits per heavy atom. The predicted molar refractivity (Wildman–Crippen MR) is 207 cm³/mol. The molecule has 278 valence electrons. The molecule has 22 heteroatoms. The minimum absolute atomic E-state index is 0.0158. The van der Waals surface area contributed by atoms with Crippen LogP contribution in [-0.4, -0.2) is 69.8 Å². The molecule has 18 nitrogen and oxygen atoms in total. The molecule has 8 aromatic rings. The molecule has 0 amide bonds. The lowest BCUT2D eigenvalue weighted by Crippen LogP contribution is -2.04. The van der Waals surface area contributed by atoms with E-state index in [0.29, 0.717) is 42.9 Å². The van der Waals surface area contributed by atoms with Gasteiger partial charge in [-0.3, -0.25) is 20.2 Å². The van der Waals surface area contributed by atoms with E-state index in [1.54, 1.807) is 70.3 Å². The summed E-state index contributed by atoms with van der Waals surface area (Å²) in [6, 6.07) is 26.7. The second-order valence-electron chi connectivity index (χ2n) is 11.8. The SMILES string of the molecule is O=[N+]([O-])c1ccc(Cn2nnc(-c3cnn(-c4ccc(Cl)cc4)c3SSc3c(-c4nnn(Cc5ccc([N+](=O)[O-])cc5)n4)cnn3-c3ccc(Cl)cc3)n2)cc1. The molecule has 0 spiro atoms. The van der Waals surface area contributed by atoms with Gasteiger partial charge in [0.05, 0.1) is 57.8 Å². The molecule has 56 heavy (non-hydrogen) atoms. The van der Waals surface area contributed by atoms with Crippen molar-refractivity contribution in [1.82, 2.24) is 60.0 Å². The molecule has 0 aliphatic heterocycles. The van der Waals surface area contributed by atoms with Crippen LogP contribution in [0.5, 0.6) is 0 Å². The van der Waals surface area contributed by atoms with Crippen molar-refractivity contribution >= 4 is 56.2 Å². The molecular formula is C34H22Cl2N14O4S2. The lowest BCUT2D eigenvalue weighted by atomic mass is 10.2. The molecule has 8 rings (SSSR count). The van der Waals surface area contributed by atoms with Gasteiger partial charge in [0, 0.05) is 34.3 Å². The second kappa shape index (κ2) is 15.7. The highest BCUT2D eigenvalue weighted by atomic mass is 35.5. The van der Waals surface area contributed by atoms with E-state index in [4.69, 9.17) is 23.2 Å². The van der Waals surface area contributed by atoms with Crippen LogP contribution in [0.1, 0.15) is 11.1 Å². The first-order valence-corrected chi connectivity index (χ1v) is 19.1. The van der Waals surface area contributed by atoms with E-state index in [2.05, 4.69) is 41.0 Å². The Bertz CT molecular complexity index is 2500. The monoisotopic (exact) mass is 824 g/mol. The van der Waals surface area contributed by atoms with Crippen LogP contribution in [0.4, 0.5) is 11.4 Å². The van der Waals surface area contributed by atoms with Gasteiger partial charge in [0.25, 0.3) is 11.4 Å². The highest BCUT2D eigenvalue weighted by Crippen LogP contribution is 2.46. The highest BCUT2D eigenvalue weighted by Gasteiger charge is 2.24. The molecule has 0 N–H and O–H groups in total. The Morgan fingerprint density at radius 3 is 1.29 bits per heavy atom.